The van der Waals surface area contributed by atoms with Crippen LogP contribution in [0.15, 0.2) is 0 Å². The van der Waals surface area contributed by atoms with Crippen LogP contribution >= 0.6 is 15.9 Å². The van der Waals surface area contributed by atoms with Crippen LogP contribution in [0.25, 0.3) is 0 Å². The SMILES string of the molecule is CC(C)C(Br)C(=O)NCCS(C)=O. The molecule has 78 valence electrons. The first-order chi connectivity index (χ1) is 5.95. The lowest BCUT2D eigenvalue weighted by Gasteiger charge is -2.13. The van der Waals surface area contributed by atoms with E-state index in [1.807, 2.05) is 13.8 Å². The fraction of sp³-hybridized carbons (Fsp3) is 0.875. The van der Waals surface area contributed by atoms with Crippen LogP contribution in [0.5, 0.6) is 0 Å². The summed E-state index contributed by atoms with van der Waals surface area (Å²) in [5, 5.41) is 2.72. The van der Waals surface area contributed by atoms with E-state index in [1.165, 1.54) is 0 Å². The monoisotopic (exact) mass is 269 g/mol. The maximum Gasteiger partial charge on any atom is 0.234 e. The van der Waals surface area contributed by atoms with Crippen molar-refractivity contribution in [2.24, 2.45) is 5.92 Å². The number of hydrogen-bond donors (Lipinski definition) is 1. The minimum absolute atomic E-state index is 0.0274. The van der Waals surface area contributed by atoms with Crippen LogP contribution in [0.2, 0.25) is 0 Å². The van der Waals surface area contributed by atoms with E-state index < -0.39 is 10.8 Å². The molecule has 3 nitrogen and oxygen atoms in total. The number of carbonyl (C=O) groups is 1. The maximum atomic E-state index is 11.3. The van der Waals surface area contributed by atoms with Gasteiger partial charge in [-0.2, -0.15) is 0 Å². The van der Waals surface area contributed by atoms with Crippen molar-refractivity contribution in [1.29, 1.82) is 0 Å². The van der Waals surface area contributed by atoms with E-state index in [-0.39, 0.29) is 16.7 Å². The van der Waals surface area contributed by atoms with Gasteiger partial charge in [0.2, 0.25) is 5.91 Å². The third-order valence-corrected chi connectivity index (χ3v) is 3.78. The van der Waals surface area contributed by atoms with Crippen molar-refractivity contribution >= 4 is 32.6 Å². The molecule has 0 heterocycles. The van der Waals surface area contributed by atoms with E-state index in [1.54, 1.807) is 6.26 Å². The molecule has 0 bridgehead atoms. The molecule has 0 aromatic rings. The lowest BCUT2D eigenvalue weighted by atomic mass is 10.1. The molecule has 2 atom stereocenters. The minimum atomic E-state index is -0.836. The molecule has 0 saturated heterocycles. The van der Waals surface area contributed by atoms with Gasteiger partial charge in [-0.3, -0.25) is 9.00 Å². The van der Waals surface area contributed by atoms with E-state index in [2.05, 4.69) is 21.2 Å². The molecule has 1 N–H and O–H groups in total. The Balaban J connectivity index is 3.68. The summed E-state index contributed by atoms with van der Waals surface area (Å²) in [7, 11) is -0.836. The van der Waals surface area contributed by atoms with E-state index in [0.717, 1.165) is 0 Å². The van der Waals surface area contributed by atoms with E-state index in [9.17, 15) is 9.00 Å². The van der Waals surface area contributed by atoms with Crippen LogP contribution in [0, 0.1) is 5.92 Å². The smallest absolute Gasteiger partial charge is 0.234 e. The van der Waals surface area contributed by atoms with E-state index in [4.69, 9.17) is 0 Å². The molecule has 0 fully saturated rings. The van der Waals surface area contributed by atoms with Crippen molar-refractivity contribution in [2.75, 3.05) is 18.6 Å². The lowest BCUT2D eigenvalue weighted by Crippen LogP contribution is -2.36. The van der Waals surface area contributed by atoms with Crippen LogP contribution < -0.4 is 5.32 Å². The van der Waals surface area contributed by atoms with Gasteiger partial charge in [0.15, 0.2) is 0 Å². The molecule has 0 saturated carbocycles. The maximum absolute atomic E-state index is 11.3. The highest BCUT2D eigenvalue weighted by Gasteiger charge is 2.17. The number of alkyl halides is 1. The van der Waals surface area contributed by atoms with Crippen LogP contribution in [0.4, 0.5) is 0 Å². The number of rotatable bonds is 5. The van der Waals surface area contributed by atoms with E-state index >= 15 is 0 Å². The Labute approximate surface area is 90.2 Å². The average molecular weight is 270 g/mol. The largest absolute Gasteiger partial charge is 0.354 e. The molecule has 0 spiro atoms. The Bertz CT molecular complexity index is 197. The Kier molecular flexibility index (Phi) is 6.59. The van der Waals surface area contributed by atoms with Gasteiger partial charge in [0.05, 0.1) is 4.83 Å². The van der Waals surface area contributed by atoms with Gasteiger partial charge in [-0.25, -0.2) is 0 Å². The second-order valence-corrected chi connectivity index (χ2v) is 5.76. The highest BCUT2D eigenvalue weighted by molar-refractivity contribution is 9.10. The number of halogens is 1. The van der Waals surface area contributed by atoms with Crippen LogP contribution in [0.1, 0.15) is 13.8 Å². The van der Waals surface area contributed by atoms with Crippen LogP contribution in [0.3, 0.4) is 0 Å². The van der Waals surface area contributed by atoms with Crippen molar-refractivity contribution in [2.45, 2.75) is 18.7 Å². The quantitative estimate of drug-likeness (QED) is 0.754. The molecular weight excluding hydrogens is 254 g/mol. The summed E-state index contributed by atoms with van der Waals surface area (Å²) in [4.78, 5) is 11.2. The van der Waals surface area contributed by atoms with Crippen LogP contribution in [-0.2, 0) is 15.6 Å². The predicted octanol–water partition coefficient (Wildman–Crippen LogP) is 0.901. The van der Waals surface area contributed by atoms with Crippen molar-refractivity contribution in [3.05, 3.63) is 0 Å². The van der Waals surface area contributed by atoms with Crippen molar-refractivity contribution in [3.8, 4) is 0 Å². The molecule has 2 unspecified atom stereocenters. The van der Waals surface area contributed by atoms with Crippen molar-refractivity contribution in [3.63, 3.8) is 0 Å². The summed E-state index contributed by atoms with van der Waals surface area (Å²) in [5.41, 5.74) is 0. The summed E-state index contributed by atoms with van der Waals surface area (Å²) in [6.07, 6.45) is 1.63. The van der Waals surface area contributed by atoms with Crippen molar-refractivity contribution < 1.29 is 9.00 Å². The molecule has 0 aliphatic rings. The molecule has 1 amide bonds. The molecule has 5 heteroatoms. The first-order valence-electron chi connectivity index (χ1n) is 4.17. The number of amides is 1. The van der Waals surface area contributed by atoms with Crippen molar-refractivity contribution in [1.82, 2.24) is 5.32 Å². The molecular formula is C8H16BrNO2S. The summed E-state index contributed by atoms with van der Waals surface area (Å²) in [6.45, 7) is 4.42. The summed E-state index contributed by atoms with van der Waals surface area (Å²) in [5.74, 6) is 0.761. The Hall–Kier alpha value is 0.1000. The molecule has 0 aliphatic carbocycles. The second-order valence-electron chi connectivity index (χ2n) is 3.21. The number of carbonyl (C=O) groups excluding carboxylic acids is 1. The van der Waals surface area contributed by atoms with Gasteiger partial charge < -0.3 is 5.32 Å². The fourth-order valence-electron chi connectivity index (χ4n) is 0.718. The first-order valence-corrected chi connectivity index (χ1v) is 6.81. The minimum Gasteiger partial charge on any atom is -0.354 e. The summed E-state index contributed by atoms with van der Waals surface area (Å²) < 4.78 is 10.7. The first kappa shape index (κ1) is 13.1. The predicted molar refractivity (Wildman–Crippen MR) is 59.5 cm³/mol. The summed E-state index contributed by atoms with van der Waals surface area (Å²) >= 11 is 3.29. The van der Waals surface area contributed by atoms with Gasteiger partial charge in [0, 0.05) is 29.4 Å². The van der Waals surface area contributed by atoms with Gasteiger partial charge in [-0.1, -0.05) is 29.8 Å². The topological polar surface area (TPSA) is 46.2 Å². The molecule has 0 radical (unpaired) electrons. The summed E-state index contributed by atoms with van der Waals surface area (Å²) in [6, 6.07) is 0. The fourth-order valence-corrected chi connectivity index (χ4v) is 1.27. The third kappa shape index (κ3) is 6.21. The standard InChI is InChI=1S/C8H16BrNO2S/c1-6(2)7(9)8(11)10-4-5-13(3)12/h6-7H,4-5H2,1-3H3,(H,10,11). The lowest BCUT2D eigenvalue weighted by molar-refractivity contribution is -0.120. The molecule has 0 rings (SSSR count). The Morgan fingerprint density at radius 1 is 1.54 bits per heavy atom. The molecule has 13 heavy (non-hydrogen) atoms. The average Bonchev–Trinajstić information content (AvgIpc) is 2.02. The molecule has 0 aromatic heterocycles. The molecule has 0 aliphatic heterocycles. The highest BCUT2D eigenvalue weighted by atomic mass is 79.9. The van der Waals surface area contributed by atoms with Gasteiger partial charge in [-0.15, -0.1) is 0 Å². The zero-order chi connectivity index (χ0) is 10.4. The molecule has 0 aromatic carbocycles. The van der Waals surface area contributed by atoms with Gasteiger partial charge in [0.25, 0.3) is 0 Å². The number of hydrogen-bond acceptors (Lipinski definition) is 2. The Morgan fingerprint density at radius 3 is 2.46 bits per heavy atom. The van der Waals surface area contributed by atoms with E-state index in [0.29, 0.717) is 12.3 Å². The van der Waals surface area contributed by atoms with Crippen LogP contribution in [-0.4, -0.2) is 33.5 Å². The third-order valence-electron chi connectivity index (χ3n) is 1.52. The number of nitrogens with one attached hydrogen (secondary N) is 1. The highest BCUT2D eigenvalue weighted by Crippen LogP contribution is 2.11. The van der Waals surface area contributed by atoms with Gasteiger partial charge in [-0.05, 0) is 5.92 Å². The Morgan fingerprint density at radius 2 is 2.08 bits per heavy atom. The van der Waals surface area contributed by atoms with Gasteiger partial charge >= 0.3 is 0 Å². The normalized spacial score (nSPS) is 15.5. The second kappa shape index (κ2) is 6.54. The zero-order valence-electron chi connectivity index (χ0n) is 8.17. The zero-order valence-corrected chi connectivity index (χ0v) is 10.6. The van der Waals surface area contributed by atoms with Gasteiger partial charge in [0.1, 0.15) is 0 Å².